The molecule has 33 heavy (non-hydrogen) atoms. The molecule has 0 heterocycles. The van der Waals surface area contributed by atoms with E-state index in [1.54, 1.807) is 0 Å². The minimum atomic E-state index is -1.26. The van der Waals surface area contributed by atoms with Crippen molar-refractivity contribution < 1.29 is 24.6 Å². The normalized spacial score (nSPS) is 14.2. The predicted octanol–water partition coefficient (Wildman–Crippen LogP) is 3.71. The van der Waals surface area contributed by atoms with E-state index in [1.165, 1.54) is 0 Å². The van der Waals surface area contributed by atoms with Crippen molar-refractivity contribution in [1.82, 2.24) is 5.32 Å². The first-order valence-corrected chi connectivity index (χ1v) is 11.0. The molecular weight excluding hydrogens is 420 g/mol. The first-order chi connectivity index (χ1) is 15.6. The summed E-state index contributed by atoms with van der Waals surface area (Å²) in [6.07, 6.45) is 3.80. The van der Waals surface area contributed by atoms with Crippen LogP contribution in [0.4, 0.5) is 0 Å². The number of rotatable bonds is 9. The second kappa shape index (κ2) is 11.4. The fourth-order valence-electron chi connectivity index (χ4n) is 4.39. The van der Waals surface area contributed by atoms with Gasteiger partial charge in [0.1, 0.15) is 0 Å². The molecule has 2 aromatic carbocycles. The summed E-state index contributed by atoms with van der Waals surface area (Å²) in [5.74, 6) is -2.76. The zero-order valence-corrected chi connectivity index (χ0v) is 19.2. The Bertz CT molecular complexity index is 967. The Balaban J connectivity index is 0.000000414. The molecule has 2 aromatic rings. The second-order valence-corrected chi connectivity index (χ2v) is 8.34. The summed E-state index contributed by atoms with van der Waals surface area (Å²) in [5.41, 5.74) is 9.71. The van der Waals surface area contributed by atoms with Crippen molar-refractivity contribution in [3.8, 4) is 11.1 Å². The zero-order valence-electron chi connectivity index (χ0n) is 19.2. The van der Waals surface area contributed by atoms with Crippen LogP contribution in [0.3, 0.4) is 0 Å². The number of primary amides is 1. The maximum absolute atomic E-state index is 12.8. The molecule has 0 saturated heterocycles. The van der Waals surface area contributed by atoms with Crippen LogP contribution in [0.15, 0.2) is 60.7 Å². The van der Waals surface area contributed by atoms with Crippen LogP contribution >= 0.6 is 0 Å². The molecule has 0 fully saturated rings. The van der Waals surface area contributed by atoms with Gasteiger partial charge in [0.05, 0.1) is 5.41 Å². The fraction of sp³-hybridized carbons (Fsp3) is 0.346. The third kappa shape index (κ3) is 6.08. The van der Waals surface area contributed by atoms with E-state index in [0.29, 0.717) is 24.2 Å². The van der Waals surface area contributed by atoms with Crippen LogP contribution in [0.5, 0.6) is 0 Å². The number of aliphatic carboxylic acids is 2. The number of carbonyl (C=O) groups is 3. The number of nitrogens with one attached hydrogen (secondary N) is 1. The van der Waals surface area contributed by atoms with Gasteiger partial charge in [-0.15, -0.1) is 0 Å². The van der Waals surface area contributed by atoms with Crippen LogP contribution in [0.1, 0.15) is 51.2 Å². The molecule has 1 amide bonds. The van der Waals surface area contributed by atoms with Gasteiger partial charge in [-0.3, -0.25) is 4.79 Å². The van der Waals surface area contributed by atoms with Crippen molar-refractivity contribution in [2.24, 2.45) is 5.73 Å². The molecule has 3 rings (SSSR count). The van der Waals surface area contributed by atoms with Crippen molar-refractivity contribution in [1.29, 1.82) is 0 Å². The lowest BCUT2D eigenvalue weighted by molar-refractivity contribution is -0.134. The van der Waals surface area contributed by atoms with Gasteiger partial charge in [0.25, 0.3) is 0 Å². The van der Waals surface area contributed by atoms with Crippen molar-refractivity contribution in [3.05, 3.63) is 71.8 Å². The van der Waals surface area contributed by atoms with E-state index in [0.717, 1.165) is 41.5 Å². The molecule has 7 heteroatoms. The Kier molecular flexibility index (Phi) is 8.94. The number of carboxylic acids is 2. The number of carboxylic acid groups (broad SMARTS) is 2. The Morgan fingerprint density at radius 3 is 1.76 bits per heavy atom. The average molecular weight is 453 g/mol. The Morgan fingerprint density at radius 1 is 0.939 bits per heavy atom. The number of hydrogen-bond acceptors (Lipinski definition) is 4. The Hall–Kier alpha value is -3.45. The SMILES string of the molecule is CCC(CCC1(C(N)=O)c2ccccc2-c2ccccc21)NC(C)C.O=C(O)C=CC(=O)O. The topological polar surface area (TPSA) is 130 Å². The van der Waals surface area contributed by atoms with Crippen LogP contribution in [0.25, 0.3) is 11.1 Å². The summed E-state index contributed by atoms with van der Waals surface area (Å²) in [7, 11) is 0. The second-order valence-electron chi connectivity index (χ2n) is 8.34. The van der Waals surface area contributed by atoms with Gasteiger partial charge < -0.3 is 21.3 Å². The predicted molar refractivity (Wildman–Crippen MR) is 128 cm³/mol. The highest BCUT2D eigenvalue weighted by atomic mass is 16.4. The van der Waals surface area contributed by atoms with E-state index in [9.17, 15) is 14.4 Å². The third-order valence-electron chi connectivity index (χ3n) is 5.78. The summed E-state index contributed by atoms with van der Waals surface area (Å²) in [6, 6.07) is 17.2. The highest BCUT2D eigenvalue weighted by Gasteiger charge is 2.47. The lowest BCUT2D eigenvalue weighted by Crippen LogP contribution is -2.43. The first kappa shape index (κ1) is 25.8. The van der Waals surface area contributed by atoms with Gasteiger partial charge in [-0.25, -0.2) is 9.59 Å². The molecule has 0 radical (unpaired) electrons. The quantitative estimate of drug-likeness (QED) is 0.429. The molecule has 176 valence electrons. The van der Waals surface area contributed by atoms with Crippen LogP contribution in [-0.2, 0) is 19.8 Å². The number of carbonyl (C=O) groups excluding carboxylic acids is 1. The van der Waals surface area contributed by atoms with Crippen LogP contribution in [0, 0.1) is 0 Å². The molecule has 1 aliphatic rings. The van der Waals surface area contributed by atoms with Crippen molar-refractivity contribution in [3.63, 3.8) is 0 Å². The van der Waals surface area contributed by atoms with Crippen LogP contribution in [0.2, 0.25) is 0 Å². The lowest BCUT2D eigenvalue weighted by atomic mass is 9.73. The van der Waals surface area contributed by atoms with E-state index in [-0.39, 0.29) is 5.91 Å². The first-order valence-electron chi connectivity index (χ1n) is 11.0. The molecular formula is C26H32N2O5. The van der Waals surface area contributed by atoms with Gasteiger partial charge in [-0.2, -0.15) is 0 Å². The number of benzene rings is 2. The molecule has 0 saturated carbocycles. The van der Waals surface area contributed by atoms with E-state index in [4.69, 9.17) is 15.9 Å². The summed E-state index contributed by atoms with van der Waals surface area (Å²) in [6.45, 7) is 6.51. The standard InChI is InChI=1S/C22H28N2O.C4H4O4/c1-4-16(24-15(2)3)13-14-22(21(23)25)19-11-7-5-9-17(19)18-10-6-8-12-20(18)22;5-3(6)1-2-4(7)8/h5-12,15-16,24H,4,13-14H2,1-3H3,(H2,23,25);1-2H,(H,5,6)(H,7,8). The molecule has 1 unspecified atom stereocenters. The molecule has 1 aliphatic carbocycles. The average Bonchev–Trinajstić information content (AvgIpc) is 3.06. The van der Waals surface area contributed by atoms with E-state index < -0.39 is 17.4 Å². The van der Waals surface area contributed by atoms with Gasteiger partial charge in [-0.1, -0.05) is 69.3 Å². The van der Waals surface area contributed by atoms with Crippen LogP contribution < -0.4 is 11.1 Å². The van der Waals surface area contributed by atoms with Crippen LogP contribution in [-0.4, -0.2) is 40.1 Å². The van der Waals surface area contributed by atoms with Gasteiger partial charge >= 0.3 is 11.9 Å². The zero-order chi connectivity index (χ0) is 24.6. The maximum atomic E-state index is 12.8. The molecule has 0 aromatic heterocycles. The van der Waals surface area contributed by atoms with Gasteiger partial charge in [0.2, 0.25) is 5.91 Å². The largest absolute Gasteiger partial charge is 0.478 e. The molecule has 0 bridgehead atoms. The minimum Gasteiger partial charge on any atom is -0.478 e. The molecule has 0 spiro atoms. The summed E-state index contributed by atoms with van der Waals surface area (Å²) < 4.78 is 0. The molecule has 5 N–H and O–H groups in total. The number of fused-ring (bicyclic) bond motifs is 3. The lowest BCUT2D eigenvalue weighted by Gasteiger charge is -2.31. The summed E-state index contributed by atoms with van der Waals surface area (Å²) in [5, 5.41) is 19.2. The molecule has 1 atom stereocenters. The Labute approximate surface area is 194 Å². The number of hydrogen-bond donors (Lipinski definition) is 4. The van der Waals surface area contributed by atoms with E-state index in [2.05, 4.69) is 50.4 Å². The highest BCUT2D eigenvalue weighted by molar-refractivity contribution is 5.99. The summed E-state index contributed by atoms with van der Waals surface area (Å²) >= 11 is 0. The smallest absolute Gasteiger partial charge is 0.328 e. The van der Waals surface area contributed by atoms with Gasteiger partial charge in [-0.05, 0) is 41.5 Å². The van der Waals surface area contributed by atoms with Crippen molar-refractivity contribution in [2.45, 2.75) is 57.5 Å². The minimum absolute atomic E-state index is 0.246. The molecule has 0 aliphatic heterocycles. The van der Waals surface area contributed by atoms with Gasteiger partial charge in [0.15, 0.2) is 0 Å². The van der Waals surface area contributed by atoms with Gasteiger partial charge in [0, 0.05) is 24.2 Å². The molecule has 7 nitrogen and oxygen atoms in total. The van der Waals surface area contributed by atoms with E-state index >= 15 is 0 Å². The number of nitrogens with two attached hydrogens (primary N) is 1. The maximum Gasteiger partial charge on any atom is 0.328 e. The van der Waals surface area contributed by atoms with Crippen molar-refractivity contribution >= 4 is 17.8 Å². The Morgan fingerprint density at radius 2 is 1.39 bits per heavy atom. The fourth-order valence-corrected chi connectivity index (χ4v) is 4.39. The van der Waals surface area contributed by atoms with Crippen molar-refractivity contribution in [2.75, 3.05) is 0 Å². The van der Waals surface area contributed by atoms with E-state index in [1.807, 2.05) is 24.3 Å². The third-order valence-corrected chi connectivity index (χ3v) is 5.78. The highest BCUT2D eigenvalue weighted by Crippen LogP contribution is 2.51. The number of amides is 1. The monoisotopic (exact) mass is 452 g/mol. The summed E-state index contributed by atoms with van der Waals surface area (Å²) in [4.78, 5) is 31.9.